The van der Waals surface area contributed by atoms with Gasteiger partial charge in [-0.15, -0.1) is 0 Å². The van der Waals surface area contributed by atoms with Crippen molar-refractivity contribution in [3.63, 3.8) is 0 Å². The quantitative estimate of drug-likeness (QED) is 0.728. The van der Waals surface area contributed by atoms with Crippen LogP contribution in [0.2, 0.25) is 0 Å². The van der Waals surface area contributed by atoms with Crippen LogP contribution in [0.4, 0.5) is 0 Å². The molecule has 0 unspecified atom stereocenters. The average molecular weight is 218 g/mol. The third-order valence-corrected chi connectivity index (χ3v) is 2.99. The fourth-order valence-corrected chi connectivity index (χ4v) is 2.02. The highest BCUT2D eigenvalue weighted by molar-refractivity contribution is 7.71. The number of benzene rings is 1. The number of hydrogen-bond acceptors (Lipinski definition) is 1. The number of hydrogen-bond donors (Lipinski definition) is 1. The zero-order valence-electron chi connectivity index (χ0n) is 9.16. The van der Waals surface area contributed by atoms with Gasteiger partial charge in [-0.05, 0) is 31.6 Å². The highest BCUT2D eigenvalue weighted by atomic mass is 32.1. The summed E-state index contributed by atoms with van der Waals surface area (Å²) in [6.45, 7) is 4.14. The van der Waals surface area contributed by atoms with Gasteiger partial charge in [0.25, 0.3) is 0 Å². The minimum atomic E-state index is 0.767. The Kier molecular flexibility index (Phi) is 2.49. The number of aromatic nitrogens is 2. The second-order valence-electron chi connectivity index (χ2n) is 3.83. The normalized spacial score (nSPS) is 10.6. The van der Waals surface area contributed by atoms with Gasteiger partial charge in [-0.25, -0.2) is 0 Å². The minimum absolute atomic E-state index is 0.767. The monoisotopic (exact) mass is 218 g/mol. The number of nitrogens with one attached hydrogen (secondary N) is 1. The van der Waals surface area contributed by atoms with Crippen molar-refractivity contribution in [1.82, 2.24) is 9.55 Å². The van der Waals surface area contributed by atoms with E-state index in [0.29, 0.717) is 0 Å². The number of aryl methyl sites for hydroxylation is 2. The summed E-state index contributed by atoms with van der Waals surface area (Å²) in [7, 11) is 1.99. The Hall–Kier alpha value is -1.35. The Labute approximate surface area is 94.6 Å². The van der Waals surface area contributed by atoms with E-state index in [1.807, 2.05) is 18.5 Å². The number of aromatic amines is 1. The lowest BCUT2D eigenvalue weighted by Crippen LogP contribution is -1.92. The summed E-state index contributed by atoms with van der Waals surface area (Å²) < 4.78 is 2.78. The highest BCUT2D eigenvalue weighted by Gasteiger charge is 2.07. The van der Waals surface area contributed by atoms with E-state index in [9.17, 15) is 0 Å². The van der Waals surface area contributed by atoms with E-state index in [1.54, 1.807) is 0 Å². The Morgan fingerprint density at radius 2 is 1.73 bits per heavy atom. The van der Waals surface area contributed by atoms with E-state index in [2.05, 4.69) is 36.2 Å². The van der Waals surface area contributed by atoms with Gasteiger partial charge in [0.2, 0.25) is 0 Å². The Bertz CT molecular complexity index is 532. The highest BCUT2D eigenvalue weighted by Crippen LogP contribution is 2.22. The summed E-state index contributed by atoms with van der Waals surface area (Å²) in [4.78, 5) is 3.17. The van der Waals surface area contributed by atoms with Crippen LogP contribution in [0.3, 0.4) is 0 Å². The molecule has 2 nitrogen and oxygen atoms in total. The lowest BCUT2D eigenvalue weighted by atomic mass is 10.1. The molecule has 1 heterocycles. The van der Waals surface area contributed by atoms with Crippen LogP contribution in [0, 0.1) is 18.6 Å². The van der Waals surface area contributed by atoms with Crippen molar-refractivity contribution in [2.75, 3.05) is 0 Å². The molecule has 1 N–H and O–H groups in total. The lowest BCUT2D eigenvalue weighted by Gasteiger charge is -2.04. The molecule has 0 atom stereocenters. The molecule has 0 aliphatic rings. The van der Waals surface area contributed by atoms with Gasteiger partial charge in [0.15, 0.2) is 4.77 Å². The third kappa shape index (κ3) is 1.75. The zero-order valence-corrected chi connectivity index (χ0v) is 9.98. The number of H-pyrrole nitrogens is 1. The largest absolute Gasteiger partial charge is 0.334 e. The van der Waals surface area contributed by atoms with Crippen LogP contribution in [0.25, 0.3) is 11.3 Å². The van der Waals surface area contributed by atoms with Crippen molar-refractivity contribution < 1.29 is 0 Å². The van der Waals surface area contributed by atoms with Crippen molar-refractivity contribution >= 4 is 12.2 Å². The second kappa shape index (κ2) is 3.66. The predicted octanol–water partition coefficient (Wildman–Crippen LogP) is 3.37. The van der Waals surface area contributed by atoms with Gasteiger partial charge in [-0.2, -0.15) is 0 Å². The maximum Gasteiger partial charge on any atom is 0.177 e. The molecule has 1 aromatic heterocycles. The topological polar surface area (TPSA) is 20.7 Å². The van der Waals surface area contributed by atoms with Gasteiger partial charge in [0, 0.05) is 12.7 Å². The van der Waals surface area contributed by atoms with Crippen molar-refractivity contribution in [3.8, 4) is 11.3 Å². The van der Waals surface area contributed by atoms with Crippen LogP contribution in [-0.4, -0.2) is 9.55 Å². The molecule has 0 spiro atoms. The van der Waals surface area contributed by atoms with Gasteiger partial charge in [0.1, 0.15) is 0 Å². The maximum absolute atomic E-state index is 5.19. The first kappa shape index (κ1) is 10.2. The van der Waals surface area contributed by atoms with Crippen molar-refractivity contribution in [3.05, 3.63) is 40.3 Å². The predicted molar refractivity (Wildman–Crippen MR) is 65.5 cm³/mol. The van der Waals surface area contributed by atoms with E-state index >= 15 is 0 Å². The molecule has 0 aliphatic heterocycles. The maximum atomic E-state index is 5.19. The summed E-state index contributed by atoms with van der Waals surface area (Å²) in [5, 5.41) is 0. The van der Waals surface area contributed by atoms with Crippen LogP contribution in [0.1, 0.15) is 11.3 Å². The molecular weight excluding hydrogens is 204 g/mol. The van der Waals surface area contributed by atoms with Gasteiger partial charge in [-0.3, -0.25) is 0 Å². The second-order valence-corrected chi connectivity index (χ2v) is 4.22. The van der Waals surface area contributed by atoms with E-state index < -0.39 is 0 Å². The Morgan fingerprint density at radius 1 is 1.13 bits per heavy atom. The Balaban J connectivity index is 2.63. The van der Waals surface area contributed by atoms with Crippen LogP contribution in [0.15, 0.2) is 24.3 Å². The summed E-state index contributed by atoms with van der Waals surface area (Å²) in [6.07, 6.45) is 0. The summed E-state index contributed by atoms with van der Waals surface area (Å²) in [5.41, 5.74) is 4.76. The van der Waals surface area contributed by atoms with Gasteiger partial charge >= 0.3 is 0 Å². The molecule has 3 heteroatoms. The van der Waals surface area contributed by atoms with Gasteiger partial charge < -0.3 is 9.55 Å². The van der Waals surface area contributed by atoms with E-state index in [0.717, 1.165) is 10.5 Å². The molecule has 0 amide bonds. The number of imidazole rings is 1. The third-order valence-electron chi connectivity index (χ3n) is 2.61. The first-order valence-electron chi connectivity index (χ1n) is 4.92. The van der Waals surface area contributed by atoms with E-state index in [1.165, 1.54) is 16.8 Å². The SMILES string of the molecule is Cc1ccc(-c2c(C)[nH]c(=S)n2C)cc1. The molecule has 0 saturated heterocycles. The zero-order chi connectivity index (χ0) is 11.0. The standard InChI is InChI=1S/C12H14N2S/c1-8-4-6-10(7-5-8)11-9(2)13-12(15)14(11)3/h4-7H,1-3H3,(H,13,15). The molecule has 0 aliphatic carbocycles. The molecule has 15 heavy (non-hydrogen) atoms. The average Bonchev–Trinajstić information content (AvgIpc) is 2.44. The van der Waals surface area contributed by atoms with Crippen LogP contribution >= 0.6 is 12.2 Å². The first-order chi connectivity index (χ1) is 7.09. The van der Waals surface area contributed by atoms with Crippen molar-refractivity contribution in [2.24, 2.45) is 7.05 Å². The molecule has 0 radical (unpaired) electrons. The molecule has 0 bridgehead atoms. The first-order valence-corrected chi connectivity index (χ1v) is 5.33. The fourth-order valence-electron chi connectivity index (χ4n) is 1.78. The van der Waals surface area contributed by atoms with Crippen LogP contribution in [0.5, 0.6) is 0 Å². The summed E-state index contributed by atoms with van der Waals surface area (Å²) in [5.74, 6) is 0. The van der Waals surface area contributed by atoms with Crippen LogP contribution in [-0.2, 0) is 7.05 Å². The van der Waals surface area contributed by atoms with Gasteiger partial charge in [0.05, 0.1) is 5.69 Å². The molecule has 2 rings (SSSR count). The lowest BCUT2D eigenvalue weighted by molar-refractivity contribution is 0.902. The van der Waals surface area contributed by atoms with Crippen LogP contribution < -0.4 is 0 Å². The smallest absolute Gasteiger partial charge is 0.177 e. The van der Waals surface area contributed by atoms with Gasteiger partial charge in [-0.1, -0.05) is 29.8 Å². The van der Waals surface area contributed by atoms with E-state index in [-0.39, 0.29) is 0 Å². The Morgan fingerprint density at radius 3 is 2.20 bits per heavy atom. The minimum Gasteiger partial charge on any atom is -0.334 e. The summed E-state index contributed by atoms with van der Waals surface area (Å²) in [6, 6.07) is 8.48. The number of rotatable bonds is 1. The number of nitrogens with zero attached hydrogens (tertiary/aromatic N) is 1. The van der Waals surface area contributed by atoms with Crippen molar-refractivity contribution in [2.45, 2.75) is 13.8 Å². The molecule has 2 aromatic rings. The molecule has 0 saturated carbocycles. The molecule has 1 aromatic carbocycles. The molecular formula is C12H14N2S. The molecule has 0 fully saturated rings. The van der Waals surface area contributed by atoms with E-state index in [4.69, 9.17) is 12.2 Å². The fraction of sp³-hybridized carbons (Fsp3) is 0.250. The van der Waals surface area contributed by atoms with Crippen molar-refractivity contribution in [1.29, 1.82) is 0 Å². The summed E-state index contributed by atoms with van der Waals surface area (Å²) >= 11 is 5.19. The molecule has 78 valence electrons.